The van der Waals surface area contributed by atoms with E-state index in [1.54, 1.807) is 18.3 Å². The van der Waals surface area contributed by atoms with Gasteiger partial charge in [0.2, 0.25) is 5.88 Å². The molecule has 1 aliphatic rings. The van der Waals surface area contributed by atoms with Crippen LogP contribution in [0.1, 0.15) is 23.2 Å². The van der Waals surface area contributed by atoms with Crippen LogP contribution in [0.25, 0.3) is 11.0 Å². The number of fused-ring (bicyclic) bond motifs is 1. The van der Waals surface area contributed by atoms with Gasteiger partial charge in [0.1, 0.15) is 17.1 Å². The van der Waals surface area contributed by atoms with Crippen LogP contribution in [0, 0.1) is 0 Å². The molecule has 1 saturated heterocycles. The maximum Gasteiger partial charge on any atom is 0.253 e. The summed E-state index contributed by atoms with van der Waals surface area (Å²) in [5.41, 5.74) is 2.25. The Morgan fingerprint density at radius 2 is 2.00 bits per heavy atom. The van der Waals surface area contributed by atoms with E-state index in [4.69, 9.17) is 4.74 Å². The molecule has 122 valence electrons. The summed E-state index contributed by atoms with van der Waals surface area (Å²) < 4.78 is 14.2. The zero-order valence-corrected chi connectivity index (χ0v) is 13.6. The van der Waals surface area contributed by atoms with Crippen molar-refractivity contribution in [3.63, 3.8) is 0 Å². The van der Waals surface area contributed by atoms with Gasteiger partial charge in [-0.1, -0.05) is 0 Å². The smallest absolute Gasteiger partial charge is 0.253 e. The zero-order chi connectivity index (χ0) is 16.4. The number of piperidine rings is 1. The van der Waals surface area contributed by atoms with E-state index < -0.39 is 0 Å². The van der Waals surface area contributed by atoms with Gasteiger partial charge in [-0.25, -0.2) is 0 Å². The fraction of sp³-hybridized carbons (Fsp3) is 0.312. The predicted molar refractivity (Wildman–Crippen MR) is 89.0 cm³/mol. The Hall–Kier alpha value is -2.61. The average molecular weight is 341 g/mol. The summed E-state index contributed by atoms with van der Waals surface area (Å²) in [5.74, 6) is 0.562. The van der Waals surface area contributed by atoms with E-state index in [0.717, 1.165) is 35.6 Å². The number of amides is 1. The van der Waals surface area contributed by atoms with Gasteiger partial charge in [-0.2, -0.15) is 13.8 Å². The number of benzene rings is 1. The number of rotatable bonds is 3. The Bertz CT molecular complexity index is 846. The van der Waals surface area contributed by atoms with Crippen molar-refractivity contribution in [3.8, 4) is 5.88 Å². The van der Waals surface area contributed by atoms with Crippen molar-refractivity contribution in [1.29, 1.82) is 0 Å². The molecule has 0 aliphatic carbocycles. The molecule has 0 atom stereocenters. The summed E-state index contributed by atoms with van der Waals surface area (Å²) in [6, 6.07) is 9.06. The Labute approximate surface area is 142 Å². The van der Waals surface area contributed by atoms with Crippen molar-refractivity contribution >= 4 is 28.7 Å². The monoisotopic (exact) mass is 341 g/mol. The molecule has 3 heterocycles. The number of carbonyl (C=O) groups is 1. The van der Waals surface area contributed by atoms with Crippen molar-refractivity contribution in [2.45, 2.75) is 18.9 Å². The molecule has 0 bridgehead atoms. The highest BCUT2D eigenvalue weighted by molar-refractivity contribution is 7.00. The number of ether oxygens (including phenoxy) is 1. The second kappa shape index (κ2) is 6.48. The molecule has 4 rings (SSSR count). The van der Waals surface area contributed by atoms with E-state index in [-0.39, 0.29) is 12.0 Å². The van der Waals surface area contributed by atoms with E-state index in [0.29, 0.717) is 24.5 Å². The third-order valence-electron chi connectivity index (χ3n) is 4.07. The molecule has 1 amide bonds. The molecule has 0 radical (unpaired) electrons. The van der Waals surface area contributed by atoms with Gasteiger partial charge in [0.25, 0.3) is 5.91 Å². The molecular formula is C16H15N5O2S. The van der Waals surface area contributed by atoms with Crippen molar-refractivity contribution in [2.75, 3.05) is 13.1 Å². The predicted octanol–water partition coefficient (Wildman–Crippen LogP) is 2.16. The molecule has 1 fully saturated rings. The lowest BCUT2D eigenvalue weighted by molar-refractivity contribution is 0.0586. The van der Waals surface area contributed by atoms with Crippen LogP contribution in [0.5, 0.6) is 5.88 Å². The number of aromatic nitrogens is 4. The molecule has 7 nitrogen and oxygen atoms in total. The molecule has 8 heteroatoms. The highest BCUT2D eigenvalue weighted by Crippen LogP contribution is 2.20. The highest BCUT2D eigenvalue weighted by atomic mass is 32.1. The van der Waals surface area contributed by atoms with Crippen molar-refractivity contribution in [1.82, 2.24) is 23.8 Å². The summed E-state index contributed by atoms with van der Waals surface area (Å²) in [6.07, 6.45) is 3.24. The molecule has 0 spiro atoms. The number of nitrogens with zero attached hydrogens (tertiary/aromatic N) is 5. The first-order chi connectivity index (χ1) is 11.8. The number of likely N-dealkylation sites (tertiary alicyclic amines) is 1. The van der Waals surface area contributed by atoms with Crippen molar-refractivity contribution < 1.29 is 9.53 Å². The summed E-state index contributed by atoms with van der Waals surface area (Å²) in [4.78, 5) is 14.5. The van der Waals surface area contributed by atoms with E-state index >= 15 is 0 Å². The fourth-order valence-corrected chi connectivity index (χ4v) is 3.31. The van der Waals surface area contributed by atoms with Gasteiger partial charge < -0.3 is 9.64 Å². The summed E-state index contributed by atoms with van der Waals surface area (Å²) in [6.45, 7) is 1.33. The van der Waals surface area contributed by atoms with Crippen LogP contribution in [-0.4, -0.2) is 48.9 Å². The Balaban J connectivity index is 1.39. The van der Waals surface area contributed by atoms with Gasteiger partial charge in [0, 0.05) is 43.8 Å². The largest absolute Gasteiger partial charge is 0.473 e. The first-order valence-electron chi connectivity index (χ1n) is 7.75. The normalized spacial score (nSPS) is 15.6. The number of carbonyl (C=O) groups excluding carboxylic acids is 1. The number of hydrogen-bond donors (Lipinski definition) is 0. The van der Waals surface area contributed by atoms with Crippen LogP contribution in [0.3, 0.4) is 0 Å². The first kappa shape index (κ1) is 14.9. The number of hydrogen-bond acceptors (Lipinski definition) is 7. The van der Waals surface area contributed by atoms with Gasteiger partial charge in [0.15, 0.2) is 0 Å². The van der Waals surface area contributed by atoms with Gasteiger partial charge in [-0.15, -0.1) is 5.10 Å². The molecule has 0 unspecified atom stereocenters. The molecule has 24 heavy (non-hydrogen) atoms. The second-order valence-corrected chi connectivity index (χ2v) is 6.17. The van der Waals surface area contributed by atoms with Crippen LogP contribution in [-0.2, 0) is 0 Å². The van der Waals surface area contributed by atoms with Crippen LogP contribution >= 0.6 is 11.7 Å². The van der Waals surface area contributed by atoms with E-state index in [1.807, 2.05) is 23.1 Å². The maximum atomic E-state index is 12.6. The Morgan fingerprint density at radius 1 is 1.17 bits per heavy atom. The Morgan fingerprint density at radius 3 is 2.79 bits per heavy atom. The van der Waals surface area contributed by atoms with Gasteiger partial charge in [-0.3, -0.25) is 4.79 Å². The van der Waals surface area contributed by atoms with E-state index in [2.05, 4.69) is 18.9 Å². The van der Waals surface area contributed by atoms with Gasteiger partial charge >= 0.3 is 0 Å². The average Bonchev–Trinajstić information content (AvgIpc) is 3.10. The quantitative estimate of drug-likeness (QED) is 0.726. The van der Waals surface area contributed by atoms with Crippen LogP contribution in [0.4, 0.5) is 0 Å². The summed E-state index contributed by atoms with van der Waals surface area (Å²) in [7, 11) is 0. The van der Waals surface area contributed by atoms with E-state index in [1.165, 1.54) is 0 Å². The minimum Gasteiger partial charge on any atom is -0.473 e. The highest BCUT2D eigenvalue weighted by Gasteiger charge is 2.25. The molecule has 0 saturated carbocycles. The summed E-state index contributed by atoms with van der Waals surface area (Å²) >= 11 is 1.16. The zero-order valence-electron chi connectivity index (χ0n) is 12.8. The van der Waals surface area contributed by atoms with Crippen molar-refractivity contribution in [3.05, 3.63) is 42.1 Å². The lowest BCUT2D eigenvalue weighted by Gasteiger charge is -2.31. The lowest BCUT2D eigenvalue weighted by Crippen LogP contribution is -2.41. The standard InChI is InChI=1S/C16H15N5O2S/c22-16(11-3-4-13-14(10-11)20-24-19-13)21-8-5-12(6-9-21)23-15-2-1-7-17-18-15/h1-4,7,10,12H,5-6,8-9H2. The lowest BCUT2D eigenvalue weighted by atomic mass is 10.1. The third-order valence-corrected chi connectivity index (χ3v) is 4.62. The molecule has 0 N–H and O–H groups in total. The minimum atomic E-state index is 0.0304. The van der Waals surface area contributed by atoms with Crippen LogP contribution in [0.15, 0.2) is 36.5 Å². The molecule has 1 aromatic carbocycles. The first-order valence-corrected chi connectivity index (χ1v) is 8.48. The minimum absolute atomic E-state index is 0.0304. The molecule has 1 aliphatic heterocycles. The molecule has 2 aromatic heterocycles. The molecule has 3 aromatic rings. The van der Waals surface area contributed by atoms with Crippen molar-refractivity contribution in [2.24, 2.45) is 0 Å². The van der Waals surface area contributed by atoms with Gasteiger partial charge in [-0.05, 0) is 24.3 Å². The summed E-state index contributed by atoms with van der Waals surface area (Å²) in [5, 5.41) is 7.74. The fourth-order valence-electron chi connectivity index (χ4n) is 2.80. The third kappa shape index (κ3) is 3.05. The van der Waals surface area contributed by atoms with E-state index in [9.17, 15) is 4.79 Å². The van der Waals surface area contributed by atoms with Gasteiger partial charge in [0.05, 0.1) is 11.7 Å². The second-order valence-electron chi connectivity index (χ2n) is 5.64. The Kier molecular flexibility index (Phi) is 4.04. The topological polar surface area (TPSA) is 81.1 Å². The van der Waals surface area contributed by atoms with Crippen LogP contribution in [0.2, 0.25) is 0 Å². The van der Waals surface area contributed by atoms with Crippen LogP contribution < -0.4 is 4.74 Å². The molecular weight excluding hydrogens is 326 g/mol. The SMILES string of the molecule is O=C(c1ccc2nsnc2c1)N1CCC(Oc2cccnn2)CC1. The maximum absolute atomic E-state index is 12.6.